The summed E-state index contributed by atoms with van der Waals surface area (Å²) < 4.78 is 26.5. The normalized spacial score (nSPS) is 45.2. The molecule has 4 fully saturated rings. The molecule has 4 saturated carbocycles. The molecule has 0 aromatic carbocycles. The van der Waals surface area contributed by atoms with Crippen LogP contribution < -0.4 is 4.72 Å². The molecule has 0 aliphatic heterocycles. The molecule has 0 heterocycles. The molecule has 0 aromatic heterocycles. The van der Waals surface area contributed by atoms with Crippen molar-refractivity contribution in [2.24, 2.45) is 52.3 Å². The topological polar surface area (TPSA) is 46.2 Å². The van der Waals surface area contributed by atoms with Crippen molar-refractivity contribution in [3.63, 3.8) is 0 Å². The van der Waals surface area contributed by atoms with Gasteiger partial charge in [0, 0.05) is 6.04 Å². The van der Waals surface area contributed by atoms with Crippen molar-refractivity contribution in [3.05, 3.63) is 0 Å². The summed E-state index contributed by atoms with van der Waals surface area (Å²) in [4.78, 5) is 0. The first-order chi connectivity index (χ1) is 14.9. The molecule has 186 valence electrons. The Kier molecular flexibility index (Phi) is 7.17. The van der Waals surface area contributed by atoms with Crippen LogP contribution in [0.1, 0.15) is 112 Å². The third-order valence-electron chi connectivity index (χ3n) is 11.2. The zero-order chi connectivity index (χ0) is 23.3. The maximum atomic E-state index is 11.8. The largest absolute Gasteiger partial charge is 0.213 e. The summed E-state index contributed by atoms with van der Waals surface area (Å²) in [7, 11) is -3.10. The van der Waals surface area contributed by atoms with E-state index < -0.39 is 10.0 Å². The first kappa shape index (κ1) is 25.0. The minimum Gasteiger partial charge on any atom is -0.213 e. The summed E-state index contributed by atoms with van der Waals surface area (Å²) >= 11 is 0. The van der Waals surface area contributed by atoms with Gasteiger partial charge in [-0.15, -0.1) is 0 Å². The Morgan fingerprint density at radius 3 is 2.25 bits per heavy atom. The Morgan fingerprint density at radius 2 is 1.56 bits per heavy atom. The van der Waals surface area contributed by atoms with E-state index in [0.29, 0.717) is 16.7 Å². The van der Waals surface area contributed by atoms with Crippen molar-refractivity contribution in [2.45, 2.75) is 118 Å². The molecule has 0 unspecified atom stereocenters. The van der Waals surface area contributed by atoms with Crippen molar-refractivity contribution in [3.8, 4) is 0 Å². The van der Waals surface area contributed by atoms with Gasteiger partial charge in [-0.2, -0.15) is 0 Å². The zero-order valence-electron chi connectivity index (χ0n) is 21.8. The predicted octanol–water partition coefficient (Wildman–Crippen LogP) is 7.03. The number of hydrogen-bond acceptors (Lipinski definition) is 2. The van der Waals surface area contributed by atoms with Crippen molar-refractivity contribution in [1.82, 2.24) is 4.72 Å². The first-order valence-electron chi connectivity index (χ1n) is 13.9. The van der Waals surface area contributed by atoms with Gasteiger partial charge in [0.1, 0.15) is 0 Å². The number of fused-ring (bicyclic) bond motifs is 5. The highest BCUT2D eigenvalue weighted by Crippen LogP contribution is 2.68. The number of sulfonamides is 1. The zero-order valence-corrected chi connectivity index (χ0v) is 22.6. The van der Waals surface area contributed by atoms with E-state index in [0.717, 1.165) is 48.3 Å². The molecule has 0 bridgehead atoms. The minimum absolute atomic E-state index is 0.163. The molecule has 0 amide bonds. The van der Waals surface area contributed by atoms with Gasteiger partial charge in [-0.1, -0.05) is 53.9 Å². The molecule has 32 heavy (non-hydrogen) atoms. The molecular weight excluding hydrogens is 414 g/mol. The number of rotatable bonds is 7. The second kappa shape index (κ2) is 9.17. The summed E-state index contributed by atoms with van der Waals surface area (Å²) in [6.45, 7) is 12.6. The summed E-state index contributed by atoms with van der Waals surface area (Å²) in [5.74, 6) is 6.07. The van der Waals surface area contributed by atoms with Crippen LogP contribution >= 0.6 is 0 Å². The fourth-order valence-electron chi connectivity index (χ4n) is 9.69. The van der Waals surface area contributed by atoms with E-state index in [-0.39, 0.29) is 6.04 Å². The van der Waals surface area contributed by atoms with E-state index in [9.17, 15) is 8.42 Å². The quantitative estimate of drug-likeness (QED) is 0.439. The van der Waals surface area contributed by atoms with Crippen molar-refractivity contribution in [2.75, 3.05) is 6.26 Å². The van der Waals surface area contributed by atoms with Gasteiger partial charge in [0.25, 0.3) is 0 Å². The summed E-state index contributed by atoms with van der Waals surface area (Å²) in [5, 5.41) is 0. The molecule has 3 nitrogen and oxygen atoms in total. The van der Waals surface area contributed by atoms with E-state index in [2.05, 4.69) is 39.3 Å². The second-order valence-corrected chi connectivity index (χ2v) is 15.3. The lowest BCUT2D eigenvalue weighted by atomic mass is 9.44. The van der Waals surface area contributed by atoms with Gasteiger partial charge in [0.15, 0.2) is 0 Å². The van der Waals surface area contributed by atoms with E-state index in [1.165, 1.54) is 70.5 Å². The SMILES string of the molecule is CC(C)CCC[C@@H](C)[C@H]1CC[C@H]2[C@@H]3CC[C@@H]4C[C@@H](NS(C)(=O)=O)CC[C@]4(C)[C@H]3CC[C@]12C. The lowest BCUT2D eigenvalue weighted by Crippen LogP contribution is -2.55. The molecule has 0 saturated heterocycles. The van der Waals surface area contributed by atoms with Gasteiger partial charge in [-0.05, 0) is 110 Å². The van der Waals surface area contributed by atoms with Crippen LogP contribution in [0.3, 0.4) is 0 Å². The Morgan fingerprint density at radius 1 is 0.875 bits per heavy atom. The molecule has 1 N–H and O–H groups in total. The third-order valence-corrected chi connectivity index (χ3v) is 12.0. The highest BCUT2D eigenvalue weighted by molar-refractivity contribution is 7.88. The highest BCUT2D eigenvalue weighted by Gasteiger charge is 2.60. The summed E-state index contributed by atoms with van der Waals surface area (Å²) in [6, 6.07) is 0.163. The predicted molar refractivity (Wildman–Crippen MR) is 135 cm³/mol. The Labute approximate surface area is 199 Å². The number of hydrogen-bond donors (Lipinski definition) is 1. The smallest absolute Gasteiger partial charge is 0.208 e. The van der Waals surface area contributed by atoms with Crippen LogP contribution in [0.25, 0.3) is 0 Å². The van der Waals surface area contributed by atoms with Gasteiger partial charge in [-0.25, -0.2) is 13.1 Å². The Balaban J connectivity index is 1.43. The van der Waals surface area contributed by atoms with Crippen LogP contribution in [-0.2, 0) is 10.0 Å². The van der Waals surface area contributed by atoms with Crippen LogP contribution in [0, 0.1) is 52.3 Å². The molecule has 4 aliphatic carbocycles. The fourth-order valence-corrected chi connectivity index (χ4v) is 10.5. The van der Waals surface area contributed by atoms with Crippen LogP contribution in [0.2, 0.25) is 0 Å². The van der Waals surface area contributed by atoms with Crippen LogP contribution in [0.15, 0.2) is 0 Å². The molecule has 0 aromatic rings. The van der Waals surface area contributed by atoms with E-state index in [4.69, 9.17) is 0 Å². The lowest BCUT2D eigenvalue weighted by Gasteiger charge is -2.61. The van der Waals surface area contributed by atoms with Crippen LogP contribution in [0.5, 0.6) is 0 Å². The van der Waals surface area contributed by atoms with E-state index >= 15 is 0 Å². The van der Waals surface area contributed by atoms with E-state index in [1.807, 2.05) is 0 Å². The van der Waals surface area contributed by atoms with Gasteiger partial charge >= 0.3 is 0 Å². The summed E-state index contributed by atoms with van der Waals surface area (Å²) in [6.07, 6.45) is 17.3. The molecular formula is C28H51NO2S. The second-order valence-electron chi connectivity index (χ2n) is 13.5. The average molecular weight is 466 g/mol. The lowest BCUT2D eigenvalue weighted by molar-refractivity contribution is -0.117. The third kappa shape index (κ3) is 4.70. The van der Waals surface area contributed by atoms with Crippen LogP contribution in [0.4, 0.5) is 0 Å². The van der Waals surface area contributed by atoms with Gasteiger partial charge in [0.05, 0.1) is 6.26 Å². The molecule has 0 radical (unpaired) electrons. The van der Waals surface area contributed by atoms with Crippen molar-refractivity contribution in [1.29, 1.82) is 0 Å². The molecule has 9 atom stereocenters. The fraction of sp³-hybridized carbons (Fsp3) is 1.00. The van der Waals surface area contributed by atoms with Crippen molar-refractivity contribution >= 4 is 10.0 Å². The molecule has 4 rings (SSSR count). The molecule has 0 spiro atoms. The average Bonchev–Trinajstić information content (AvgIpc) is 3.04. The molecule has 4 heteroatoms. The van der Waals surface area contributed by atoms with Gasteiger partial charge in [0.2, 0.25) is 10.0 Å². The maximum Gasteiger partial charge on any atom is 0.208 e. The first-order valence-corrected chi connectivity index (χ1v) is 15.8. The number of nitrogens with one attached hydrogen (secondary N) is 1. The van der Waals surface area contributed by atoms with Gasteiger partial charge in [-0.3, -0.25) is 0 Å². The summed E-state index contributed by atoms with van der Waals surface area (Å²) in [5.41, 5.74) is 0.998. The van der Waals surface area contributed by atoms with E-state index in [1.54, 1.807) is 0 Å². The highest BCUT2D eigenvalue weighted by atomic mass is 32.2. The van der Waals surface area contributed by atoms with Crippen molar-refractivity contribution < 1.29 is 8.42 Å². The maximum absolute atomic E-state index is 11.8. The Bertz CT molecular complexity index is 763. The Hall–Kier alpha value is -0.0900. The molecule has 4 aliphatic rings. The monoisotopic (exact) mass is 465 g/mol. The van der Waals surface area contributed by atoms with Crippen LogP contribution in [-0.4, -0.2) is 20.7 Å². The van der Waals surface area contributed by atoms with Gasteiger partial charge < -0.3 is 0 Å². The minimum atomic E-state index is -3.10. The standard InChI is InChI=1S/C28H51NO2S/c1-19(2)8-7-9-20(3)24-12-13-25-23-11-10-21-18-22(29-32(6,30)31)14-16-27(21,4)26(23)15-17-28(24,25)5/h19-26,29H,7-18H2,1-6H3/t20-,21-,22+,23+,24-,25+,26+,27+,28-/m1/s1.